The summed E-state index contributed by atoms with van der Waals surface area (Å²) in [7, 11) is 1.82. The number of rotatable bonds is 6. The molecule has 2 aromatic carbocycles. The molecule has 1 aromatic heterocycles. The van der Waals surface area contributed by atoms with Gasteiger partial charge in [0.15, 0.2) is 6.04 Å². The lowest BCUT2D eigenvalue weighted by Crippen LogP contribution is -2.50. The Kier molecular flexibility index (Phi) is 6.33. The van der Waals surface area contributed by atoms with Crippen molar-refractivity contribution in [2.24, 2.45) is 0 Å². The molecular formula is C24H23F2N2O4S+. The van der Waals surface area contributed by atoms with E-state index in [0.717, 1.165) is 10.7 Å². The number of fused-ring (bicyclic) bond motifs is 1. The van der Waals surface area contributed by atoms with Gasteiger partial charge >= 0.3 is 23.6 Å². The maximum atomic E-state index is 13.0. The van der Waals surface area contributed by atoms with Gasteiger partial charge in [0.25, 0.3) is 0 Å². The summed E-state index contributed by atoms with van der Waals surface area (Å²) in [5.74, 6) is -0.505. The van der Waals surface area contributed by atoms with Gasteiger partial charge in [-0.15, -0.1) is 0 Å². The lowest BCUT2D eigenvalue weighted by Gasteiger charge is -2.27. The number of carbonyl (C=O) groups is 1. The number of hydrogen-bond donors (Lipinski definition) is 1. The van der Waals surface area contributed by atoms with Gasteiger partial charge in [0.2, 0.25) is 0 Å². The highest BCUT2D eigenvalue weighted by molar-refractivity contribution is 7.18. The van der Waals surface area contributed by atoms with Crippen molar-refractivity contribution in [1.29, 1.82) is 0 Å². The van der Waals surface area contributed by atoms with Crippen molar-refractivity contribution in [3.8, 4) is 22.1 Å². The molecule has 0 bridgehead atoms. The van der Waals surface area contributed by atoms with Gasteiger partial charge in [-0.1, -0.05) is 42.5 Å². The molecule has 1 aliphatic rings. The highest BCUT2D eigenvalue weighted by Crippen LogP contribution is 2.44. The number of esters is 1. The zero-order chi connectivity index (χ0) is 23.7. The number of benzene rings is 2. The van der Waals surface area contributed by atoms with E-state index < -0.39 is 18.6 Å². The fourth-order valence-electron chi connectivity index (χ4n) is 3.89. The molecule has 6 nitrogen and oxygen atoms in total. The Bertz CT molecular complexity index is 1190. The van der Waals surface area contributed by atoms with Crippen LogP contribution in [0.3, 0.4) is 0 Å². The second kappa shape index (κ2) is 9.19. The van der Waals surface area contributed by atoms with Gasteiger partial charge in [0, 0.05) is 5.56 Å². The minimum absolute atomic E-state index is 0.000236. The first kappa shape index (κ1) is 22.7. The van der Waals surface area contributed by atoms with Crippen molar-refractivity contribution < 1.29 is 32.7 Å². The quantitative estimate of drug-likeness (QED) is 0.408. The molecule has 0 saturated carbocycles. The Labute approximate surface area is 193 Å². The van der Waals surface area contributed by atoms with E-state index in [1.54, 1.807) is 23.6 Å². The number of carbonyl (C=O) groups excluding carboxylic acids is 1. The van der Waals surface area contributed by atoms with Crippen LogP contribution in [0.2, 0.25) is 0 Å². The number of aromatic nitrogens is 1. The molecule has 1 atom stereocenters. The molecule has 1 aliphatic heterocycles. The summed E-state index contributed by atoms with van der Waals surface area (Å²) in [5.41, 5.74) is 2.48. The van der Waals surface area contributed by atoms with Crippen LogP contribution in [0.25, 0.3) is 10.4 Å². The van der Waals surface area contributed by atoms with Crippen LogP contribution in [-0.2, 0) is 9.53 Å². The normalized spacial score (nSPS) is 15.6. The molecule has 172 valence electrons. The summed E-state index contributed by atoms with van der Waals surface area (Å²) in [4.78, 5) is 15.5. The highest BCUT2D eigenvalue weighted by atomic mass is 32.1. The van der Waals surface area contributed by atoms with Gasteiger partial charge < -0.3 is 14.6 Å². The molecule has 3 aromatic rings. The van der Waals surface area contributed by atoms with Crippen molar-refractivity contribution in [1.82, 2.24) is 0 Å². The number of nitrogens with zero attached hydrogens (tertiary/aromatic N) is 2. The number of aromatic hydroxyl groups is 1. The lowest BCUT2D eigenvalue weighted by molar-refractivity contribution is -0.695. The van der Waals surface area contributed by atoms with Crippen LogP contribution in [0.15, 0.2) is 65.9 Å². The third kappa shape index (κ3) is 4.16. The van der Waals surface area contributed by atoms with E-state index >= 15 is 0 Å². The van der Waals surface area contributed by atoms with Crippen LogP contribution < -0.4 is 14.2 Å². The molecule has 33 heavy (non-hydrogen) atoms. The SMILES string of the molecule is CCOC(=O)C1=C(C)N(C)c2sc(-c3ccccc3)c(O)[n+]2C1c1ccc(OC(F)F)cc1. The van der Waals surface area contributed by atoms with Crippen LogP contribution in [-0.4, -0.2) is 31.3 Å². The van der Waals surface area contributed by atoms with E-state index in [1.165, 1.54) is 23.5 Å². The summed E-state index contributed by atoms with van der Waals surface area (Å²) >= 11 is 1.39. The molecule has 0 fully saturated rings. The minimum Gasteiger partial charge on any atom is -0.477 e. The second-order valence-corrected chi connectivity index (χ2v) is 8.38. The third-order valence-corrected chi connectivity index (χ3v) is 6.77. The van der Waals surface area contributed by atoms with Crippen molar-refractivity contribution in [2.45, 2.75) is 26.5 Å². The largest absolute Gasteiger partial charge is 0.477 e. The van der Waals surface area contributed by atoms with E-state index in [4.69, 9.17) is 4.74 Å². The van der Waals surface area contributed by atoms with Crippen molar-refractivity contribution in [2.75, 3.05) is 18.6 Å². The summed E-state index contributed by atoms with van der Waals surface area (Å²) in [5, 5.41) is 12.0. The molecule has 2 heterocycles. The van der Waals surface area contributed by atoms with Crippen LogP contribution in [0.4, 0.5) is 13.9 Å². The standard InChI is InChI=1S/C24H22F2N2O4S/c1-4-31-22(30)18-14(2)27(3)24-28(21(29)20(33-24)16-8-6-5-7-9-16)19(18)15-10-12-17(13-11-15)32-23(25)26/h5-13,19,23H,4H2,1-3H3/p+1. The molecule has 0 spiro atoms. The van der Waals surface area contributed by atoms with Crippen LogP contribution in [0, 0.1) is 0 Å². The molecule has 0 amide bonds. The highest BCUT2D eigenvalue weighted by Gasteiger charge is 2.45. The summed E-state index contributed by atoms with van der Waals surface area (Å²) in [6.07, 6.45) is 0. The number of allylic oxidation sites excluding steroid dienone is 1. The number of hydrogen-bond acceptors (Lipinski definition) is 6. The molecule has 0 saturated heterocycles. The maximum absolute atomic E-state index is 13.0. The lowest BCUT2D eigenvalue weighted by atomic mass is 9.94. The maximum Gasteiger partial charge on any atom is 0.387 e. The predicted octanol–water partition coefficient (Wildman–Crippen LogP) is 4.89. The molecule has 0 radical (unpaired) electrons. The Hall–Kier alpha value is -3.46. The summed E-state index contributed by atoms with van der Waals surface area (Å²) < 4.78 is 36.7. The Balaban J connectivity index is 1.90. The van der Waals surface area contributed by atoms with Crippen LogP contribution in [0.5, 0.6) is 11.6 Å². The van der Waals surface area contributed by atoms with Gasteiger partial charge in [-0.3, -0.25) is 0 Å². The van der Waals surface area contributed by atoms with E-state index in [0.29, 0.717) is 21.7 Å². The fourth-order valence-corrected chi connectivity index (χ4v) is 5.08. The number of alkyl halides is 2. The Morgan fingerprint density at radius 2 is 1.85 bits per heavy atom. The topological polar surface area (TPSA) is 62.9 Å². The second-order valence-electron chi connectivity index (χ2n) is 7.40. The van der Waals surface area contributed by atoms with E-state index in [1.807, 2.05) is 49.2 Å². The number of thiazole rings is 1. The molecule has 0 aliphatic carbocycles. The van der Waals surface area contributed by atoms with E-state index in [2.05, 4.69) is 4.74 Å². The van der Waals surface area contributed by atoms with Gasteiger partial charge in [0.1, 0.15) is 21.9 Å². The average Bonchev–Trinajstić information content (AvgIpc) is 3.14. The first-order chi connectivity index (χ1) is 15.8. The zero-order valence-electron chi connectivity index (χ0n) is 18.3. The zero-order valence-corrected chi connectivity index (χ0v) is 19.1. The van der Waals surface area contributed by atoms with Gasteiger partial charge in [-0.25, -0.2) is 9.69 Å². The number of ether oxygens (including phenoxy) is 2. The third-order valence-electron chi connectivity index (χ3n) is 5.49. The average molecular weight is 474 g/mol. The summed E-state index contributed by atoms with van der Waals surface area (Å²) in [6.45, 7) is 0.790. The Morgan fingerprint density at radius 1 is 1.18 bits per heavy atom. The van der Waals surface area contributed by atoms with Gasteiger partial charge in [0.05, 0.1) is 13.7 Å². The van der Waals surface area contributed by atoms with Crippen LogP contribution in [0.1, 0.15) is 25.5 Å². The van der Waals surface area contributed by atoms with Gasteiger partial charge in [-0.2, -0.15) is 13.3 Å². The molecule has 4 rings (SSSR count). The van der Waals surface area contributed by atoms with Crippen LogP contribution >= 0.6 is 11.3 Å². The number of halogens is 2. The number of anilines is 1. The molecule has 1 N–H and O–H groups in total. The van der Waals surface area contributed by atoms with Gasteiger partial charge in [-0.05, 0) is 42.9 Å². The first-order valence-corrected chi connectivity index (χ1v) is 11.1. The molecular weight excluding hydrogens is 450 g/mol. The van der Waals surface area contributed by atoms with Crippen molar-refractivity contribution in [3.05, 3.63) is 71.4 Å². The van der Waals surface area contributed by atoms with E-state index in [9.17, 15) is 18.7 Å². The van der Waals surface area contributed by atoms with E-state index in [-0.39, 0.29) is 18.2 Å². The first-order valence-electron chi connectivity index (χ1n) is 10.3. The fraction of sp³-hybridized carbons (Fsp3) is 0.250. The molecule has 9 heteroatoms. The summed E-state index contributed by atoms with van der Waals surface area (Å²) in [6, 6.07) is 14.8. The molecule has 1 unspecified atom stereocenters. The van der Waals surface area contributed by atoms with Crippen molar-refractivity contribution in [3.63, 3.8) is 0 Å². The smallest absolute Gasteiger partial charge is 0.387 e. The van der Waals surface area contributed by atoms with Crippen molar-refractivity contribution >= 4 is 22.4 Å². The predicted molar refractivity (Wildman–Crippen MR) is 121 cm³/mol. The minimum atomic E-state index is -2.94. The monoisotopic (exact) mass is 473 g/mol. The Morgan fingerprint density at radius 3 is 2.45 bits per heavy atom.